The molecule has 0 aliphatic heterocycles. The molecule has 0 aliphatic carbocycles. The van der Waals surface area contributed by atoms with Crippen LogP contribution in [0.1, 0.15) is 17.1 Å². The van der Waals surface area contributed by atoms with E-state index in [0.717, 1.165) is 28.5 Å². The molecule has 1 aromatic carbocycles. The molecule has 0 unspecified atom stereocenters. The maximum atomic E-state index is 12.1. The average molecular weight is 409 g/mol. The standard InChI is InChI=1S/C21H24N6OS/c1-15-12-16(2)24-21(23-15)29-14-20(28)25-22-13-19-6-5-11-27(19)18-9-7-17(8-10-18)26(3)4/h5-13H,14H2,1-4H3,(H,25,28)/b22-13+. The van der Waals surface area contributed by atoms with E-state index in [4.69, 9.17) is 0 Å². The molecule has 0 saturated carbocycles. The largest absolute Gasteiger partial charge is 0.378 e. The molecule has 0 saturated heterocycles. The SMILES string of the molecule is Cc1cc(C)nc(SCC(=O)N/N=C/c2cccn2-c2ccc(N(C)C)cc2)n1. The molecule has 7 nitrogen and oxygen atoms in total. The number of hydrogen-bond acceptors (Lipinski definition) is 6. The minimum absolute atomic E-state index is 0.202. The molecule has 29 heavy (non-hydrogen) atoms. The molecule has 2 aromatic heterocycles. The molecule has 3 aromatic rings. The van der Waals surface area contributed by atoms with Crippen molar-refractivity contribution in [3.05, 3.63) is 65.7 Å². The van der Waals surface area contributed by atoms with Crippen molar-refractivity contribution in [3.8, 4) is 5.69 Å². The molecular formula is C21H24N6OS. The number of aromatic nitrogens is 3. The number of nitrogens with zero attached hydrogens (tertiary/aromatic N) is 5. The molecule has 0 fully saturated rings. The zero-order valence-corrected chi connectivity index (χ0v) is 17.8. The highest BCUT2D eigenvalue weighted by Gasteiger charge is 2.06. The molecule has 1 amide bonds. The van der Waals surface area contributed by atoms with Crippen LogP contribution in [0.4, 0.5) is 5.69 Å². The number of rotatable bonds is 7. The lowest BCUT2D eigenvalue weighted by Gasteiger charge is -2.13. The fourth-order valence-electron chi connectivity index (χ4n) is 2.74. The number of carbonyl (C=O) groups excluding carboxylic acids is 1. The summed E-state index contributed by atoms with van der Waals surface area (Å²) in [4.78, 5) is 22.7. The lowest BCUT2D eigenvalue weighted by atomic mass is 10.2. The second-order valence-corrected chi connectivity index (χ2v) is 7.67. The first kappa shape index (κ1) is 20.6. The number of carbonyl (C=O) groups is 1. The third-order valence-electron chi connectivity index (χ3n) is 4.10. The predicted molar refractivity (Wildman–Crippen MR) is 118 cm³/mol. The van der Waals surface area contributed by atoms with E-state index in [0.29, 0.717) is 5.16 Å². The first-order valence-electron chi connectivity index (χ1n) is 9.14. The van der Waals surface area contributed by atoms with Crippen LogP contribution in [-0.2, 0) is 4.79 Å². The first-order valence-corrected chi connectivity index (χ1v) is 10.1. The highest BCUT2D eigenvalue weighted by Crippen LogP contribution is 2.17. The second-order valence-electron chi connectivity index (χ2n) is 6.73. The number of hydrazone groups is 1. The van der Waals surface area contributed by atoms with Crippen molar-refractivity contribution in [1.82, 2.24) is 20.0 Å². The van der Waals surface area contributed by atoms with Gasteiger partial charge in [-0.2, -0.15) is 5.10 Å². The van der Waals surface area contributed by atoms with Crippen molar-refractivity contribution in [2.75, 3.05) is 24.7 Å². The summed E-state index contributed by atoms with van der Waals surface area (Å²) in [5.74, 6) is -0.00443. The number of benzene rings is 1. The summed E-state index contributed by atoms with van der Waals surface area (Å²) in [5, 5.41) is 4.68. The van der Waals surface area contributed by atoms with Gasteiger partial charge in [0.15, 0.2) is 5.16 Å². The zero-order chi connectivity index (χ0) is 20.8. The fourth-order valence-corrected chi connectivity index (χ4v) is 3.48. The summed E-state index contributed by atoms with van der Waals surface area (Å²) in [5.41, 5.74) is 7.36. The number of hydrogen-bond donors (Lipinski definition) is 1. The van der Waals surface area contributed by atoms with E-state index in [9.17, 15) is 4.79 Å². The Morgan fingerprint density at radius 2 is 1.86 bits per heavy atom. The monoisotopic (exact) mass is 408 g/mol. The Kier molecular flexibility index (Phi) is 6.66. The van der Waals surface area contributed by atoms with Gasteiger partial charge in [-0.05, 0) is 56.3 Å². The van der Waals surface area contributed by atoms with Crippen molar-refractivity contribution in [2.24, 2.45) is 5.10 Å². The van der Waals surface area contributed by atoms with Gasteiger partial charge in [0.05, 0.1) is 17.7 Å². The summed E-state index contributed by atoms with van der Waals surface area (Å²) in [6.07, 6.45) is 3.59. The molecule has 3 rings (SSSR count). The maximum absolute atomic E-state index is 12.1. The van der Waals surface area contributed by atoms with Crippen LogP contribution in [-0.4, -0.2) is 46.5 Å². The molecule has 2 heterocycles. The van der Waals surface area contributed by atoms with E-state index in [-0.39, 0.29) is 11.7 Å². The van der Waals surface area contributed by atoms with Crippen LogP contribution in [0.2, 0.25) is 0 Å². The fraction of sp³-hybridized carbons (Fsp3) is 0.238. The Bertz CT molecular complexity index is 990. The van der Waals surface area contributed by atoms with Gasteiger partial charge in [0.2, 0.25) is 0 Å². The molecule has 8 heteroatoms. The molecule has 0 radical (unpaired) electrons. The lowest BCUT2D eigenvalue weighted by Crippen LogP contribution is -2.20. The van der Waals surface area contributed by atoms with Crippen molar-refractivity contribution in [3.63, 3.8) is 0 Å². The van der Waals surface area contributed by atoms with Gasteiger partial charge in [-0.25, -0.2) is 15.4 Å². The summed E-state index contributed by atoms with van der Waals surface area (Å²) >= 11 is 1.29. The average Bonchev–Trinajstić information content (AvgIpc) is 3.14. The van der Waals surface area contributed by atoms with Gasteiger partial charge in [-0.3, -0.25) is 4.79 Å². The third kappa shape index (κ3) is 5.68. The van der Waals surface area contributed by atoms with Gasteiger partial charge in [-0.15, -0.1) is 0 Å². The van der Waals surface area contributed by atoms with Crippen LogP contribution in [0.5, 0.6) is 0 Å². The van der Waals surface area contributed by atoms with Gasteiger partial charge in [0.1, 0.15) is 0 Å². The quantitative estimate of drug-likeness (QED) is 0.281. The number of aryl methyl sites for hydroxylation is 2. The number of amides is 1. The van der Waals surface area contributed by atoms with E-state index in [1.807, 2.05) is 69.0 Å². The van der Waals surface area contributed by atoms with Crippen LogP contribution in [0, 0.1) is 13.8 Å². The Morgan fingerprint density at radius 1 is 1.17 bits per heavy atom. The topological polar surface area (TPSA) is 75.4 Å². The van der Waals surface area contributed by atoms with Crippen LogP contribution in [0.3, 0.4) is 0 Å². The Morgan fingerprint density at radius 3 is 2.52 bits per heavy atom. The van der Waals surface area contributed by atoms with Gasteiger partial charge in [0, 0.05) is 43.1 Å². The van der Waals surface area contributed by atoms with Crippen LogP contribution in [0.25, 0.3) is 5.69 Å². The molecule has 1 N–H and O–H groups in total. The van der Waals surface area contributed by atoms with Crippen molar-refractivity contribution in [1.29, 1.82) is 0 Å². The lowest BCUT2D eigenvalue weighted by molar-refractivity contribution is -0.118. The molecule has 150 valence electrons. The van der Waals surface area contributed by atoms with Gasteiger partial charge < -0.3 is 9.47 Å². The highest BCUT2D eigenvalue weighted by atomic mass is 32.2. The van der Waals surface area contributed by atoms with E-state index >= 15 is 0 Å². The summed E-state index contributed by atoms with van der Waals surface area (Å²) < 4.78 is 2.01. The van der Waals surface area contributed by atoms with Crippen LogP contribution in [0.15, 0.2) is 58.9 Å². The minimum Gasteiger partial charge on any atom is -0.378 e. The van der Waals surface area contributed by atoms with Crippen LogP contribution >= 0.6 is 11.8 Å². The minimum atomic E-state index is -0.206. The van der Waals surface area contributed by atoms with E-state index in [1.54, 1.807) is 6.21 Å². The summed E-state index contributed by atoms with van der Waals surface area (Å²) in [7, 11) is 4.02. The van der Waals surface area contributed by atoms with Crippen LogP contribution < -0.4 is 10.3 Å². The number of anilines is 1. The predicted octanol–water partition coefficient (Wildman–Crippen LogP) is 3.19. The van der Waals surface area contributed by atoms with Gasteiger partial charge in [0.25, 0.3) is 5.91 Å². The van der Waals surface area contributed by atoms with Crippen molar-refractivity contribution < 1.29 is 4.79 Å². The number of thioether (sulfide) groups is 1. The normalized spacial score (nSPS) is 11.0. The van der Waals surface area contributed by atoms with E-state index in [2.05, 4.69) is 37.5 Å². The molecule has 0 atom stereocenters. The smallest absolute Gasteiger partial charge is 0.250 e. The second kappa shape index (κ2) is 9.38. The van der Waals surface area contributed by atoms with Crippen molar-refractivity contribution >= 4 is 29.6 Å². The third-order valence-corrected chi connectivity index (χ3v) is 4.95. The zero-order valence-electron chi connectivity index (χ0n) is 17.0. The molecule has 0 bridgehead atoms. The van der Waals surface area contributed by atoms with E-state index in [1.165, 1.54) is 11.8 Å². The maximum Gasteiger partial charge on any atom is 0.250 e. The number of nitrogens with one attached hydrogen (secondary N) is 1. The summed E-state index contributed by atoms with van der Waals surface area (Å²) in [6, 6.07) is 14.0. The Labute approximate surface area is 174 Å². The van der Waals surface area contributed by atoms with Crippen molar-refractivity contribution in [2.45, 2.75) is 19.0 Å². The Hall–Kier alpha value is -3.13. The Balaban J connectivity index is 1.58. The molecule has 0 spiro atoms. The summed E-state index contributed by atoms with van der Waals surface area (Å²) in [6.45, 7) is 3.82. The van der Waals surface area contributed by atoms with E-state index < -0.39 is 0 Å². The molecular weight excluding hydrogens is 384 g/mol. The highest BCUT2D eigenvalue weighted by molar-refractivity contribution is 7.99. The first-order chi connectivity index (χ1) is 13.9. The molecule has 0 aliphatic rings. The van der Waals surface area contributed by atoms with Gasteiger partial charge >= 0.3 is 0 Å². The van der Waals surface area contributed by atoms with Gasteiger partial charge in [-0.1, -0.05) is 11.8 Å².